The lowest BCUT2D eigenvalue weighted by molar-refractivity contribution is -0.150. The molecule has 0 aromatic heterocycles. The second-order valence-corrected chi connectivity index (χ2v) is 4.11. The van der Waals surface area contributed by atoms with Gasteiger partial charge in [0, 0.05) is 0 Å². The third-order valence-electron chi connectivity index (χ3n) is 2.82. The van der Waals surface area contributed by atoms with E-state index in [9.17, 15) is 9.59 Å². The van der Waals surface area contributed by atoms with Gasteiger partial charge >= 0.3 is 11.9 Å². The first-order valence-electron chi connectivity index (χ1n) is 5.60. The molecule has 1 amide bonds. The molecule has 0 bridgehead atoms. The Morgan fingerprint density at radius 1 is 1.11 bits per heavy atom. The van der Waals surface area contributed by atoms with Crippen LogP contribution in [0.5, 0.6) is 0 Å². The van der Waals surface area contributed by atoms with Crippen molar-refractivity contribution < 1.29 is 14.7 Å². The number of carboxylic acids is 1. The summed E-state index contributed by atoms with van der Waals surface area (Å²) >= 11 is 0. The summed E-state index contributed by atoms with van der Waals surface area (Å²) in [5.74, 6) is -2.46. The molecule has 0 saturated carbocycles. The molecular weight excluding hydrogens is 230 g/mol. The molecule has 0 saturated heterocycles. The van der Waals surface area contributed by atoms with Crippen LogP contribution in [0.25, 0.3) is 10.8 Å². The standard InChI is InChI=1S/C14H13NO3/c1-9(15-13(16)14(17)18)11-7-6-10-4-2-3-5-12(10)8-11/h2-9H,1H3,(H,15,16)(H,17,18)/t9-/m1/s1. The van der Waals surface area contributed by atoms with Crippen LogP contribution < -0.4 is 5.32 Å². The minimum absolute atomic E-state index is 0.335. The van der Waals surface area contributed by atoms with Crippen molar-refractivity contribution in [3.8, 4) is 0 Å². The Labute approximate surface area is 104 Å². The first-order valence-corrected chi connectivity index (χ1v) is 5.60. The normalized spacial score (nSPS) is 12.1. The van der Waals surface area contributed by atoms with Crippen molar-refractivity contribution >= 4 is 22.6 Å². The van der Waals surface area contributed by atoms with Gasteiger partial charge in [-0.1, -0.05) is 36.4 Å². The van der Waals surface area contributed by atoms with Crippen LogP contribution in [0, 0.1) is 0 Å². The van der Waals surface area contributed by atoms with Gasteiger partial charge in [-0.25, -0.2) is 4.79 Å². The van der Waals surface area contributed by atoms with E-state index in [1.807, 2.05) is 42.5 Å². The summed E-state index contributed by atoms with van der Waals surface area (Å²) in [4.78, 5) is 21.5. The molecule has 0 aliphatic carbocycles. The quantitative estimate of drug-likeness (QED) is 0.794. The number of hydrogen-bond acceptors (Lipinski definition) is 2. The van der Waals surface area contributed by atoms with Crippen LogP contribution in [0.4, 0.5) is 0 Å². The molecule has 0 aliphatic rings. The van der Waals surface area contributed by atoms with Gasteiger partial charge in [0.05, 0.1) is 6.04 Å². The second-order valence-electron chi connectivity index (χ2n) is 4.11. The van der Waals surface area contributed by atoms with Crippen LogP contribution >= 0.6 is 0 Å². The van der Waals surface area contributed by atoms with Gasteiger partial charge in [0.25, 0.3) is 0 Å². The molecule has 2 N–H and O–H groups in total. The SMILES string of the molecule is C[C@@H](NC(=O)C(=O)O)c1ccc2ccccc2c1. The summed E-state index contributed by atoms with van der Waals surface area (Å²) in [6, 6.07) is 13.3. The fourth-order valence-electron chi connectivity index (χ4n) is 1.82. The zero-order valence-electron chi connectivity index (χ0n) is 9.88. The largest absolute Gasteiger partial charge is 0.474 e. The van der Waals surface area contributed by atoms with E-state index >= 15 is 0 Å². The fraction of sp³-hybridized carbons (Fsp3) is 0.143. The summed E-state index contributed by atoms with van der Waals surface area (Å²) < 4.78 is 0. The molecule has 2 aromatic rings. The van der Waals surface area contributed by atoms with E-state index in [0.717, 1.165) is 16.3 Å². The smallest absolute Gasteiger partial charge is 0.394 e. The third-order valence-corrected chi connectivity index (χ3v) is 2.82. The number of amides is 1. The zero-order chi connectivity index (χ0) is 13.1. The van der Waals surface area contributed by atoms with Gasteiger partial charge in [-0.3, -0.25) is 4.79 Å². The van der Waals surface area contributed by atoms with Crippen molar-refractivity contribution in [2.75, 3.05) is 0 Å². The third kappa shape index (κ3) is 2.48. The number of nitrogens with one attached hydrogen (secondary N) is 1. The first kappa shape index (κ1) is 12.1. The van der Waals surface area contributed by atoms with Gasteiger partial charge in [0.2, 0.25) is 0 Å². The highest BCUT2D eigenvalue weighted by Crippen LogP contribution is 2.20. The van der Waals surface area contributed by atoms with Crippen LogP contribution in [0.2, 0.25) is 0 Å². The van der Waals surface area contributed by atoms with Gasteiger partial charge in [0.1, 0.15) is 0 Å². The molecule has 1 atom stereocenters. The molecule has 2 rings (SSSR count). The number of fused-ring (bicyclic) bond motifs is 1. The molecule has 0 aliphatic heterocycles. The van der Waals surface area contributed by atoms with E-state index in [4.69, 9.17) is 5.11 Å². The highest BCUT2D eigenvalue weighted by molar-refractivity contribution is 6.31. The van der Waals surface area contributed by atoms with Crippen molar-refractivity contribution in [1.82, 2.24) is 5.32 Å². The van der Waals surface area contributed by atoms with Crippen LogP contribution in [0.1, 0.15) is 18.5 Å². The van der Waals surface area contributed by atoms with E-state index in [0.29, 0.717) is 0 Å². The molecule has 18 heavy (non-hydrogen) atoms. The number of carbonyl (C=O) groups is 2. The van der Waals surface area contributed by atoms with Crippen LogP contribution in [-0.2, 0) is 9.59 Å². The van der Waals surface area contributed by atoms with Crippen LogP contribution in [-0.4, -0.2) is 17.0 Å². The van der Waals surface area contributed by atoms with E-state index in [1.54, 1.807) is 6.92 Å². The summed E-state index contributed by atoms with van der Waals surface area (Å²) in [6.45, 7) is 1.75. The number of hydrogen-bond donors (Lipinski definition) is 2. The monoisotopic (exact) mass is 243 g/mol. The summed E-state index contributed by atoms with van der Waals surface area (Å²) in [5.41, 5.74) is 0.878. The summed E-state index contributed by atoms with van der Waals surface area (Å²) in [6.07, 6.45) is 0. The Morgan fingerprint density at radius 2 is 1.78 bits per heavy atom. The van der Waals surface area contributed by atoms with Gasteiger partial charge in [-0.2, -0.15) is 0 Å². The van der Waals surface area contributed by atoms with E-state index in [-0.39, 0.29) is 6.04 Å². The van der Waals surface area contributed by atoms with Crippen molar-refractivity contribution in [2.45, 2.75) is 13.0 Å². The average Bonchev–Trinajstić information content (AvgIpc) is 2.37. The molecular formula is C14H13NO3. The number of benzene rings is 2. The Balaban J connectivity index is 2.25. The minimum atomic E-state index is -1.47. The van der Waals surface area contributed by atoms with E-state index in [1.165, 1.54) is 0 Å². The summed E-state index contributed by atoms with van der Waals surface area (Å²) in [7, 11) is 0. The highest BCUT2D eigenvalue weighted by Gasteiger charge is 2.15. The first-order chi connectivity index (χ1) is 8.58. The molecule has 0 fully saturated rings. The average molecular weight is 243 g/mol. The topological polar surface area (TPSA) is 66.4 Å². The second kappa shape index (κ2) is 4.87. The molecule has 0 heterocycles. The van der Waals surface area contributed by atoms with Crippen molar-refractivity contribution in [3.05, 3.63) is 48.0 Å². The Morgan fingerprint density at radius 3 is 2.44 bits per heavy atom. The number of carbonyl (C=O) groups excluding carboxylic acids is 1. The van der Waals surface area contributed by atoms with Crippen LogP contribution in [0.3, 0.4) is 0 Å². The Kier molecular flexibility index (Phi) is 3.28. The fourth-order valence-corrected chi connectivity index (χ4v) is 1.82. The lowest BCUT2D eigenvalue weighted by atomic mass is 10.0. The molecule has 0 unspecified atom stereocenters. The predicted octanol–water partition coefficient (Wildman–Crippen LogP) is 2.10. The Bertz CT molecular complexity index is 607. The van der Waals surface area contributed by atoms with Gasteiger partial charge in [-0.15, -0.1) is 0 Å². The van der Waals surface area contributed by atoms with Gasteiger partial charge in [0.15, 0.2) is 0 Å². The maximum Gasteiger partial charge on any atom is 0.394 e. The molecule has 92 valence electrons. The predicted molar refractivity (Wildman–Crippen MR) is 68.1 cm³/mol. The molecule has 2 aromatic carbocycles. The van der Waals surface area contributed by atoms with Gasteiger partial charge < -0.3 is 10.4 Å². The lowest BCUT2D eigenvalue weighted by Crippen LogP contribution is -2.32. The minimum Gasteiger partial charge on any atom is -0.474 e. The number of aliphatic carboxylic acids is 1. The molecule has 0 radical (unpaired) electrons. The number of carboxylic acid groups (broad SMARTS) is 1. The van der Waals surface area contributed by atoms with E-state index < -0.39 is 11.9 Å². The Hall–Kier alpha value is -2.36. The van der Waals surface area contributed by atoms with Crippen molar-refractivity contribution in [1.29, 1.82) is 0 Å². The van der Waals surface area contributed by atoms with Crippen molar-refractivity contribution in [3.63, 3.8) is 0 Å². The molecule has 4 heteroatoms. The number of rotatable bonds is 2. The lowest BCUT2D eigenvalue weighted by Gasteiger charge is -2.13. The summed E-state index contributed by atoms with van der Waals surface area (Å²) in [5, 5.41) is 13.1. The van der Waals surface area contributed by atoms with Crippen molar-refractivity contribution in [2.24, 2.45) is 0 Å². The van der Waals surface area contributed by atoms with Crippen LogP contribution in [0.15, 0.2) is 42.5 Å². The molecule has 4 nitrogen and oxygen atoms in total. The van der Waals surface area contributed by atoms with Gasteiger partial charge in [-0.05, 0) is 29.3 Å². The maximum atomic E-state index is 11.1. The maximum absolute atomic E-state index is 11.1. The highest BCUT2D eigenvalue weighted by atomic mass is 16.4. The van der Waals surface area contributed by atoms with E-state index in [2.05, 4.69) is 5.32 Å². The molecule has 0 spiro atoms. The zero-order valence-corrected chi connectivity index (χ0v) is 9.88.